The molecule has 0 spiro atoms. The van der Waals surface area contributed by atoms with E-state index in [1.165, 1.54) is 7.11 Å². The minimum Gasteiger partial charge on any atom is -0.495 e. The van der Waals surface area contributed by atoms with Gasteiger partial charge in [0.25, 0.3) is 6.43 Å². The molecule has 80 valence electrons. The first-order valence-electron chi connectivity index (χ1n) is 3.98. The van der Waals surface area contributed by atoms with E-state index in [-0.39, 0.29) is 23.0 Å². The highest BCUT2D eigenvalue weighted by molar-refractivity contribution is 6.30. The van der Waals surface area contributed by atoms with Crippen LogP contribution in [0.15, 0.2) is 6.07 Å². The summed E-state index contributed by atoms with van der Waals surface area (Å²) in [4.78, 5) is 3.69. The van der Waals surface area contributed by atoms with Crippen molar-refractivity contribution in [2.24, 2.45) is 0 Å². The molecule has 0 aliphatic carbocycles. The Morgan fingerprint density at radius 3 is 2.80 bits per heavy atom. The highest BCUT2D eigenvalue weighted by atomic mass is 35.5. The second-order valence-electron chi connectivity index (χ2n) is 2.65. The zero-order chi connectivity index (χ0) is 11.4. The van der Waals surface area contributed by atoms with Gasteiger partial charge in [0.2, 0.25) is 0 Å². The summed E-state index contributed by atoms with van der Waals surface area (Å²) in [5.74, 6) is 0.149. The van der Waals surface area contributed by atoms with Crippen LogP contribution in [0.5, 0.6) is 5.75 Å². The van der Waals surface area contributed by atoms with Crippen LogP contribution in [-0.2, 0) is 6.42 Å². The lowest BCUT2D eigenvalue weighted by molar-refractivity contribution is 0.150. The molecular formula is C9H7ClF2N2O. The van der Waals surface area contributed by atoms with Crippen LogP contribution in [0.4, 0.5) is 8.78 Å². The molecule has 0 fully saturated rings. The Balaban J connectivity index is 3.24. The normalized spacial score (nSPS) is 10.1. The molecule has 3 nitrogen and oxygen atoms in total. The van der Waals surface area contributed by atoms with E-state index in [0.717, 1.165) is 6.07 Å². The molecule has 1 aromatic heterocycles. The van der Waals surface area contributed by atoms with Gasteiger partial charge in [-0.2, -0.15) is 5.26 Å². The number of nitriles is 1. The molecular weight excluding hydrogens is 226 g/mol. The van der Waals surface area contributed by atoms with Crippen molar-refractivity contribution in [3.8, 4) is 11.8 Å². The number of rotatable bonds is 3. The van der Waals surface area contributed by atoms with Gasteiger partial charge in [0.1, 0.15) is 10.9 Å². The average Bonchev–Trinajstić information content (AvgIpc) is 2.18. The number of hydrogen-bond donors (Lipinski definition) is 0. The number of nitrogens with zero attached hydrogens (tertiary/aromatic N) is 2. The van der Waals surface area contributed by atoms with E-state index in [1.807, 2.05) is 6.07 Å². The van der Waals surface area contributed by atoms with Crippen molar-refractivity contribution in [3.63, 3.8) is 0 Å². The number of hydrogen-bond acceptors (Lipinski definition) is 3. The summed E-state index contributed by atoms with van der Waals surface area (Å²) in [6.07, 6.45) is -2.75. The summed E-state index contributed by atoms with van der Waals surface area (Å²) >= 11 is 5.53. The molecule has 0 unspecified atom stereocenters. The summed E-state index contributed by atoms with van der Waals surface area (Å²) in [5.41, 5.74) is -0.135. The predicted molar refractivity (Wildman–Crippen MR) is 50.1 cm³/mol. The van der Waals surface area contributed by atoms with E-state index in [0.29, 0.717) is 0 Å². The van der Waals surface area contributed by atoms with Crippen LogP contribution >= 0.6 is 11.6 Å². The molecule has 0 bridgehead atoms. The van der Waals surface area contributed by atoms with Gasteiger partial charge in [-0.05, 0) is 6.07 Å². The fraction of sp³-hybridized carbons (Fsp3) is 0.333. The Kier molecular flexibility index (Phi) is 3.81. The third kappa shape index (κ3) is 2.54. The third-order valence-electron chi connectivity index (χ3n) is 1.74. The zero-order valence-electron chi connectivity index (χ0n) is 7.80. The zero-order valence-corrected chi connectivity index (χ0v) is 8.55. The second-order valence-corrected chi connectivity index (χ2v) is 3.01. The van der Waals surface area contributed by atoms with Crippen LogP contribution in [0.2, 0.25) is 5.15 Å². The SMILES string of the molecule is COc1cc(C(F)F)c(Cl)nc1CC#N. The molecule has 0 amide bonds. The monoisotopic (exact) mass is 232 g/mol. The molecule has 0 saturated carbocycles. The molecule has 0 aromatic carbocycles. The Morgan fingerprint density at radius 1 is 1.67 bits per heavy atom. The second kappa shape index (κ2) is 4.89. The molecule has 0 N–H and O–H groups in total. The molecule has 0 aliphatic rings. The van der Waals surface area contributed by atoms with Gasteiger partial charge < -0.3 is 4.74 Å². The van der Waals surface area contributed by atoms with Crippen LogP contribution < -0.4 is 4.74 Å². The molecule has 1 heterocycles. The van der Waals surface area contributed by atoms with Crippen molar-refractivity contribution in [1.82, 2.24) is 4.98 Å². The van der Waals surface area contributed by atoms with E-state index >= 15 is 0 Å². The number of halogens is 3. The molecule has 0 saturated heterocycles. The fourth-order valence-corrected chi connectivity index (χ4v) is 1.29. The Hall–Kier alpha value is -1.41. The van der Waals surface area contributed by atoms with Gasteiger partial charge in [-0.15, -0.1) is 0 Å². The summed E-state index contributed by atoms with van der Waals surface area (Å²) in [7, 11) is 1.32. The van der Waals surface area contributed by atoms with E-state index in [9.17, 15) is 8.78 Å². The number of alkyl halides is 2. The van der Waals surface area contributed by atoms with Crippen molar-refractivity contribution < 1.29 is 13.5 Å². The van der Waals surface area contributed by atoms with Gasteiger partial charge in [0.05, 0.1) is 30.9 Å². The topological polar surface area (TPSA) is 45.9 Å². The van der Waals surface area contributed by atoms with Crippen LogP contribution in [0, 0.1) is 11.3 Å². The standard InChI is InChI=1S/C9H7ClF2N2O/c1-15-7-4-5(9(11)12)8(10)14-6(7)2-3-13/h4,9H,2H2,1H3. The summed E-state index contributed by atoms with van der Waals surface area (Å²) < 4.78 is 29.7. The smallest absolute Gasteiger partial charge is 0.266 e. The first-order valence-corrected chi connectivity index (χ1v) is 4.36. The van der Waals surface area contributed by atoms with Gasteiger partial charge >= 0.3 is 0 Å². The van der Waals surface area contributed by atoms with Crippen molar-refractivity contribution in [3.05, 3.63) is 22.5 Å². The minimum absolute atomic E-state index is 0.0353. The van der Waals surface area contributed by atoms with E-state index in [4.69, 9.17) is 21.6 Å². The molecule has 1 rings (SSSR count). The predicted octanol–water partition coefficient (Wildman–Crippen LogP) is 2.75. The van der Waals surface area contributed by atoms with Crippen molar-refractivity contribution in [1.29, 1.82) is 5.26 Å². The van der Waals surface area contributed by atoms with Gasteiger partial charge in [0.15, 0.2) is 0 Å². The highest BCUT2D eigenvalue weighted by Crippen LogP contribution is 2.30. The number of methoxy groups -OCH3 is 1. The lowest BCUT2D eigenvalue weighted by atomic mass is 10.2. The largest absolute Gasteiger partial charge is 0.495 e. The summed E-state index contributed by atoms with van der Waals surface area (Å²) in [6, 6.07) is 2.95. The Bertz CT molecular complexity index is 404. The van der Waals surface area contributed by atoms with Crippen molar-refractivity contribution >= 4 is 11.6 Å². The molecule has 6 heteroatoms. The molecule has 15 heavy (non-hydrogen) atoms. The van der Waals surface area contributed by atoms with Gasteiger partial charge in [-0.3, -0.25) is 0 Å². The number of pyridine rings is 1. The lowest BCUT2D eigenvalue weighted by Crippen LogP contribution is -1.99. The average molecular weight is 233 g/mol. The maximum Gasteiger partial charge on any atom is 0.266 e. The molecule has 0 radical (unpaired) electrons. The van der Waals surface area contributed by atoms with Gasteiger partial charge in [0, 0.05) is 0 Å². The van der Waals surface area contributed by atoms with E-state index in [1.54, 1.807) is 0 Å². The van der Waals surface area contributed by atoms with Gasteiger partial charge in [-0.1, -0.05) is 11.6 Å². The van der Waals surface area contributed by atoms with Crippen LogP contribution in [0.25, 0.3) is 0 Å². The van der Waals surface area contributed by atoms with Crippen molar-refractivity contribution in [2.45, 2.75) is 12.8 Å². The van der Waals surface area contributed by atoms with Crippen LogP contribution in [-0.4, -0.2) is 12.1 Å². The summed E-state index contributed by atoms with van der Waals surface area (Å²) in [5, 5.41) is 8.18. The minimum atomic E-state index is -2.71. The van der Waals surface area contributed by atoms with Crippen LogP contribution in [0.1, 0.15) is 17.7 Å². The fourth-order valence-electron chi connectivity index (χ4n) is 1.05. The Morgan fingerprint density at radius 2 is 2.33 bits per heavy atom. The quantitative estimate of drug-likeness (QED) is 0.753. The molecule has 1 aromatic rings. The highest BCUT2D eigenvalue weighted by Gasteiger charge is 2.17. The molecule has 0 aliphatic heterocycles. The first-order chi connectivity index (χ1) is 7.10. The van der Waals surface area contributed by atoms with Gasteiger partial charge in [-0.25, -0.2) is 13.8 Å². The number of aromatic nitrogens is 1. The lowest BCUT2D eigenvalue weighted by Gasteiger charge is -2.09. The summed E-state index contributed by atoms with van der Waals surface area (Å²) in [6.45, 7) is 0. The number of ether oxygens (including phenoxy) is 1. The molecule has 0 atom stereocenters. The van der Waals surface area contributed by atoms with E-state index < -0.39 is 12.0 Å². The third-order valence-corrected chi connectivity index (χ3v) is 2.05. The maximum absolute atomic E-state index is 12.4. The Labute approximate surface area is 90.3 Å². The van der Waals surface area contributed by atoms with Crippen molar-refractivity contribution in [2.75, 3.05) is 7.11 Å². The maximum atomic E-state index is 12.4. The van der Waals surface area contributed by atoms with E-state index in [2.05, 4.69) is 4.98 Å². The van der Waals surface area contributed by atoms with Crippen LogP contribution in [0.3, 0.4) is 0 Å². The first kappa shape index (κ1) is 11.7.